The predicted molar refractivity (Wildman–Crippen MR) is 71.2 cm³/mol. The number of pyridine rings is 1. The van der Waals surface area contributed by atoms with Crippen molar-refractivity contribution >= 4 is 33.5 Å². The molecule has 0 atom stereocenters. The summed E-state index contributed by atoms with van der Waals surface area (Å²) in [5.74, 6) is -1.12. The topological polar surface area (TPSA) is 79.3 Å². The average Bonchev–Trinajstić information content (AvgIpc) is 2.18. The number of hydrogen-bond donors (Lipinski definition) is 2. The highest BCUT2D eigenvalue weighted by molar-refractivity contribution is 9.10. The number of halogens is 1. The van der Waals surface area contributed by atoms with E-state index in [0.29, 0.717) is 10.2 Å². The molecule has 0 radical (unpaired) electrons. The van der Waals surface area contributed by atoms with Crippen LogP contribution in [0.2, 0.25) is 0 Å². The molecule has 0 aliphatic heterocycles. The number of carboxylic acids is 1. The Morgan fingerprint density at radius 1 is 1.44 bits per heavy atom. The summed E-state index contributed by atoms with van der Waals surface area (Å²) in [5.41, 5.74) is 0.0521. The van der Waals surface area contributed by atoms with Gasteiger partial charge >= 0.3 is 5.97 Å². The van der Waals surface area contributed by atoms with Gasteiger partial charge in [0, 0.05) is 18.8 Å². The number of aliphatic carboxylic acids is 1. The minimum Gasteiger partial charge on any atom is -0.481 e. The Morgan fingerprint density at radius 2 is 2.11 bits per heavy atom. The van der Waals surface area contributed by atoms with Crippen LogP contribution < -0.4 is 5.32 Å². The quantitative estimate of drug-likeness (QED) is 0.875. The SMILES string of the molecule is CC(C)(CC(=O)O)CC(=O)Nc1ccncc1Br. The van der Waals surface area contributed by atoms with Gasteiger partial charge in [0.2, 0.25) is 5.91 Å². The lowest BCUT2D eigenvalue weighted by atomic mass is 9.85. The first-order valence-electron chi connectivity index (χ1n) is 5.41. The Bertz CT molecular complexity index is 460. The summed E-state index contributed by atoms with van der Waals surface area (Å²) >= 11 is 3.27. The fraction of sp³-hybridized carbons (Fsp3) is 0.417. The molecule has 1 rings (SSSR count). The van der Waals surface area contributed by atoms with Gasteiger partial charge in [0.15, 0.2) is 0 Å². The Morgan fingerprint density at radius 3 is 2.67 bits per heavy atom. The molecule has 1 heterocycles. The number of nitrogens with one attached hydrogen (secondary N) is 1. The molecule has 0 saturated carbocycles. The Hall–Kier alpha value is -1.43. The zero-order valence-electron chi connectivity index (χ0n) is 10.2. The Labute approximate surface area is 114 Å². The molecule has 5 nitrogen and oxygen atoms in total. The van der Waals surface area contributed by atoms with E-state index < -0.39 is 11.4 Å². The van der Waals surface area contributed by atoms with E-state index in [2.05, 4.69) is 26.2 Å². The number of rotatable bonds is 5. The number of carbonyl (C=O) groups excluding carboxylic acids is 1. The third-order valence-corrected chi connectivity index (χ3v) is 2.95. The van der Waals surface area contributed by atoms with Crippen molar-refractivity contribution in [3.05, 3.63) is 22.9 Å². The second-order valence-electron chi connectivity index (χ2n) is 4.82. The second kappa shape index (κ2) is 5.95. The first-order chi connectivity index (χ1) is 8.30. The van der Waals surface area contributed by atoms with E-state index in [4.69, 9.17) is 5.11 Å². The van der Waals surface area contributed by atoms with Crippen molar-refractivity contribution in [1.82, 2.24) is 4.98 Å². The van der Waals surface area contributed by atoms with Gasteiger partial charge in [0.25, 0.3) is 0 Å². The highest BCUT2D eigenvalue weighted by Crippen LogP contribution is 2.26. The molecule has 0 aromatic carbocycles. The number of aromatic nitrogens is 1. The molecule has 0 unspecified atom stereocenters. The normalized spacial score (nSPS) is 11.1. The summed E-state index contributed by atoms with van der Waals surface area (Å²) in [4.78, 5) is 26.4. The molecule has 1 aromatic rings. The monoisotopic (exact) mass is 314 g/mol. The van der Waals surface area contributed by atoms with Crippen LogP contribution in [0.4, 0.5) is 5.69 Å². The molecule has 0 spiro atoms. The molecule has 1 amide bonds. The largest absolute Gasteiger partial charge is 0.481 e. The van der Waals surface area contributed by atoms with Crippen molar-refractivity contribution in [2.75, 3.05) is 5.32 Å². The zero-order valence-corrected chi connectivity index (χ0v) is 11.8. The van der Waals surface area contributed by atoms with Gasteiger partial charge in [-0.2, -0.15) is 0 Å². The van der Waals surface area contributed by atoms with E-state index in [1.54, 1.807) is 32.3 Å². The van der Waals surface area contributed by atoms with Crippen LogP contribution in [-0.4, -0.2) is 22.0 Å². The number of anilines is 1. The molecule has 0 saturated heterocycles. The summed E-state index contributed by atoms with van der Waals surface area (Å²) in [5, 5.41) is 11.5. The average molecular weight is 315 g/mol. The lowest BCUT2D eigenvalue weighted by Gasteiger charge is -2.21. The van der Waals surface area contributed by atoms with E-state index in [1.165, 1.54) is 0 Å². The van der Waals surface area contributed by atoms with Crippen LogP contribution in [0.5, 0.6) is 0 Å². The molecule has 0 fully saturated rings. The molecule has 6 heteroatoms. The predicted octanol–water partition coefficient (Wildman–Crippen LogP) is 2.67. The maximum Gasteiger partial charge on any atom is 0.303 e. The first-order valence-corrected chi connectivity index (χ1v) is 6.21. The van der Waals surface area contributed by atoms with Crippen LogP contribution >= 0.6 is 15.9 Å². The van der Waals surface area contributed by atoms with Crippen LogP contribution in [0.3, 0.4) is 0 Å². The molecule has 2 N–H and O–H groups in total. The molecule has 0 bridgehead atoms. The Kier molecular flexibility index (Phi) is 4.84. The highest BCUT2D eigenvalue weighted by Gasteiger charge is 2.25. The summed E-state index contributed by atoms with van der Waals surface area (Å²) in [6.07, 6.45) is 3.26. The molecule has 0 aliphatic rings. The van der Waals surface area contributed by atoms with Crippen molar-refractivity contribution in [1.29, 1.82) is 0 Å². The van der Waals surface area contributed by atoms with E-state index in [9.17, 15) is 9.59 Å². The van der Waals surface area contributed by atoms with Gasteiger partial charge in [-0.05, 0) is 27.4 Å². The molecule has 98 valence electrons. The molecule has 1 aromatic heterocycles. The fourth-order valence-corrected chi connectivity index (χ4v) is 1.93. The maximum absolute atomic E-state index is 11.8. The minimum absolute atomic E-state index is 0.0437. The van der Waals surface area contributed by atoms with E-state index >= 15 is 0 Å². The van der Waals surface area contributed by atoms with Crippen LogP contribution in [0, 0.1) is 5.41 Å². The highest BCUT2D eigenvalue weighted by atomic mass is 79.9. The van der Waals surface area contributed by atoms with Crippen LogP contribution in [0.25, 0.3) is 0 Å². The van der Waals surface area contributed by atoms with Crippen molar-refractivity contribution in [3.63, 3.8) is 0 Å². The Balaban J connectivity index is 2.62. The number of nitrogens with zero attached hydrogens (tertiary/aromatic N) is 1. The lowest BCUT2D eigenvalue weighted by molar-refractivity contribution is -0.139. The summed E-state index contributed by atoms with van der Waals surface area (Å²) in [6.45, 7) is 3.50. The summed E-state index contributed by atoms with van der Waals surface area (Å²) in [6, 6.07) is 1.67. The molecular weight excluding hydrogens is 300 g/mol. The van der Waals surface area contributed by atoms with Gasteiger partial charge in [0.1, 0.15) is 0 Å². The minimum atomic E-state index is -0.905. The lowest BCUT2D eigenvalue weighted by Crippen LogP contribution is -2.24. The smallest absolute Gasteiger partial charge is 0.303 e. The van der Waals surface area contributed by atoms with Gasteiger partial charge in [-0.15, -0.1) is 0 Å². The van der Waals surface area contributed by atoms with Gasteiger partial charge in [-0.1, -0.05) is 13.8 Å². The van der Waals surface area contributed by atoms with Crippen molar-refractivity contribution in [2.24, 2.45) is 5.41 Å². The molecule has 0 aliphatic carbocycles. The zero-order chi connectivity index (χ0) is 13.8. The van der Waals surface area contributed by atoms with Crippen molar-refractivity contribution in [3.8, 4) is 0 Å². The second-order valence-corrected chi connectivity index (χ2v) is 5.67. The third-order valence-electron chi connectivity index (χ3n) is 2.32. The number of amides is 1. The molecular formula is C12H15BrN2O3. The maximum atomic E-state index is 11.8. The van der Waals surface area contributed by atoms with Crippen LogP contribution in [0.1, 0.15) is 26.7 Å². The number of carboxylic acid groups (broad SMARTS) is 1. The van der Waals surface area contributed by atoms with E-state index in [-0.39, 0.29) is 18.7 Å². The van der Waals surface area contributed by atoms with E-state index in [1.807, 2.05) is 0 Å². The van der Waals surface area contributed by atoms with Crippen LogP contribution in [0.15, 0.2) is 22.9 Å². The summed E-state index contributed by atoms with van der Waals surface area (Å²) < 4.78 is 0.689. The number of carbonyl (C=O) groups is 2. The van der Waals surface area contributed by atoms with Crippen molar-refractivity contribution in [2.45, 2.75) is 26.7 Å². The van der Waals surface area contributed by atoms with Gasteiger partial charge < -0.3 is 10.4 Å². The number of hydrogen-bond acceptors (Lipinski definition) is 3. The van der Waals surface area contributed by atoms with Crippen LogP contribution in [-0.2, 0) is 9.59 Å². The first kappa shape index (κ1) is 14.6. The van der Waals surface area contributed by atoms with Gasteiger partial charge in [0.05, 0.1) is 16.6 Å². The summed E-state index contributed by atoms with van der Waals surface area (Å²) in [7, 11) is 0. The van der Waals surface area contributed by atoms with E-state index in [0.717, 1.165) is 0 Å². The van der Waals surface area contributed by atoms with Crippen molar-refractivity contribution < 1.29 is 14.7 Å². The third kappa shape index (κ3) is 4.83. The van der Waals surface area contributed by atoms with Gasteiger partial charge in [-0.3, -0.25) is 14.6 Å². The van der Waals surface area contributed by atoms with Gasteiger partial charge in [-0.25, -0.2) is 0 Å². The molecule has 18 heavy (non-hydrogen) atoms. The fourth-order valence-electron chi connectivity index (χ4n) is 1.58. The standard InChI is InChI=1S/C12H15BrN2O3/c1-12(2,6-11(17)18)5-10(16)15-9-3-4-14-7-8(9)13/h3-4,7H,5-6H2,1-2H3,(H,17,18)(H,14,15,16).